The van der Waals surface area contributed by atoms with Crippen LogP contribution in [-0.4, -0.2) is 23.2 Å². The molecule has 21 heavy (non-hydrogen) atoms. The van der Waals surface area contributed by atoms with E-state index >= 15 is 0 Å². The highest BCUT2D eigenvalue weighted by Crippen LogP contribution is 2.33. The van der Waals surface area contributed by atoms with Crippen molar-refractivity contribution in [3.8, 4) is 0 Å². The maximum absolute atomic E-state index is 12.4. The van der Waals surface area contributed by atoms with Crippen LogP contribution in [0.5, 0.6) is 0 Å². The summed E-state index contributed by atoms with van der Waals surface area (Å²) in [6, 6.07) is 16.8. The molecular formula is C17H17ClO2S. The van der Waals surface area contributed by atoms with Crippen LogP contribution in [0.2, 0.25) is 5.02 Å². The van der Waals surface area contributed by atoms with Gasteiger partial charge in [0.15, 0.2) is 5.78 Å². The van der Waals surface area contributed by atoms with Crippen LogP contribution in [0.4, 0.5) is 0 Å². The Morgan fingerprint density at radius 1 is 1.10 bits per heavy atom. The molecule has 0 aromatic heterocycles. The van der Waals surface area contributed by atoms with E-state index in [2.05, 4.69) is 0 Å². The first-order chi connectivity index (χ1) is 10.2. The van der Waals surface area contributed by atoms with Gasteiger partial charge in [-0.1, -0.05) is 54.1 Å². The van der Waals surface area contributed by atoms with Crippen molar-refractivity contribution in [2.75, 3.05) is 12.4 Å². The summed E-state index contributed by atoms with van der Waals surface area (Å²) in [5.74, 6) is 0.719. The minimum absolute atomic E-state index is 0.0297. The molecule has 0 heterocycles. The van der Waals surface area contributed by atoms with E-state index in [1.54, 1.807) is 11.8 Å². The van der Waals surface area contributed by atoms with Crippen molar-refractivity contribution >= 4 is 29.1 Å². The normalized spacial score (nSPS) is 12.1. The number of hydrogen-bond donors (Lipinski definition) is 1. The Kier molecular flexibility index (Phi) is 6.30. The second kappa shape index (κ2) is 8.23. The standard InChI is InChI=1S/C17H17ClO2S/c18-15-8-6-14(7-9-15)17(21-11-10-19)12-16(20)13-4-2-1-3-5-13/h1-9,17,19H,10-12H2. The van der Waals surface area contributed by atoms with Gasteiger partial charge >= 0.3 is 0 Å². The fourth-order valence-electron chi connectivity index (χ4n) is 2.06. The van der Waals surface area contributed by atoms with E-state index in [0.29, 0.717) is 17.2 Å². The lowest BCUT2D eigenvalue weighted by molar-refractivity contribution is 0.0982. The summed E-state index contributed by atoms with van der Waals surface area (Å²) in [5.41, 5.74) is 1.78. The zero-order valence-electron chi connectivity index (χ0n) is 11.5. The molecule has 110 valence electrons. The quantitative estimate of drug-likeness (QED) is 0.769. The number of benzene rings is 2. The molecule has 0 aliphatic heterocycles. The minimum Gasteiger partial charge on any atom is -0.396 e. The predicted octanol–water partition coefficient (Wildman–Crippen LogP) is 4.38. The van der Waals surface area contributed by atoms with Crippen LogP contribution in [0, 0.1) is 0 Å². The largest absolute Gasteiger partial charge is 0.396 e. The molecule has 2 nitrogen and oxygen atoms in total. The summed E-state index contributed by atoms with van der Waals surface area (Å²) < 4.78 is 0. The molecule has 0 spiro atoms. The monoisotopic (exact) mass is 320 g/mol. The lowest BCUT2D eigenvalue weighted by Gasteiger charge is -2.16. The zero-order valence-corrected chi connectivity index (χ0v) is 13.1. The molecule has 0 bridgehead atoms. The van der Waals surface area contributed by atoms with Crippen LogP contribution in [0.3, 0.4) is 0 Å². The van der Waals surface area contributed by atoms with Gasteiger partial charge in [-0.05, 0) is 17.7 Å². The van der Waals surface area contributed by atoms with Crippen LogP contribution in [0.15, 0.2) is 54.6 Å². The lowest BCUT2D eigenvalue weighted by Crippen LogP contribution is -2.06. The number of hydrogen-bond acceptors (Lipinski definition) is 3. The second-order valence-electron chi connectivity index (χ2n) is 4.63. The molecule has 0 aliphatic rings. The van der Waals surface area contributed by atoms with Gasteiger partial charge in [0.05, 0.1) is 6.61 Å². The Morgan fingerprint density at radius 2 is 1.76 bits per heavy atom. The summed E-state index contributed by atoms with van der Waals surface area (Å²) in [7, 11) is 0. The van der Waals surface area contributed by atoms with Crippen molar-refractivity contribution in [2.45, 2.75) is 11.7 Å². The molecule has 0 amide bonds. The van der Waals surface area contributed by atoms with Crippen LogP contribution in [-0.2, 0) is 0 Å². The fraction of sp³-hybridized carbons (Fsp3) is 0.235. The first-order valence-electron chi connectivity index (χ1n) is 6.77. The zero-order chi connectivity index (χ0) is 15.1. The summed E-state index contributed by atoms with van der Waals surface area (Å²) in [6.45, 7) is 0.105. The van der Waals surface area contributed by atoms with E-state index in [9.17, 15) is 4.79 Å². The third kappa shape index (κ3) is 4.88. The third-order valence-electron chi connectivity index (χ3n) is 3.12. The molecule has 2 aromatic carbocycles. The van der Waals surface area contributed by atoms with Crippen molar-refractivity contribution in [1.82, 2.24) is 0 Å². The number of thioether (sulfide) groups is 1. The molecular weight excluding hydrogens is 304 g/mol. The van der Waals surface area contributed by atoms with Crippen molar-refractivity contribution in [2.24, 2.45) is 0 Å². The van der Waals surface area contributed by atoms with E-state index in [4.69, 9.17) is 16.7 Å². The van der Waals surface area contributed by atoms with Crippen LogP contribution < -0.4 is 0 Å². The molecule has 2 aromatic rings. The van der Waals surface area contributed by atoms with Crippen molar-refractivity contribution in [1.29, 1.82) is 0 Å². The summed E-state index contributed by atoms with van der Waals surface area (Å²) in [6.07, 6.45) is 0.413. The van der Waals surface area contributed by atoms with Gasteiger partial charge in [0.1, 0.15) is 0 Å². The van der Waals surface area contributed by atoms with Crippen LogP contribution in [0.1, 0.15) is 27.6 Å². The Morgan fingerprint density at radius 3 is 2.38 bits per heavy atom. The average molecular weight is 321 g/mol. The Balaban J connectivity index is 2.12. The van der Waals surface area contributed by atoms with E-state index < -0.39 is 0 Å². The number of rotatable bonds is 7. The topological polar surface area (TPSA) is 37.3 Å². The number of carbonyl (C=O) groups is 1. The van der Waals surface area contributed by atoms with Gasteiger partial charge in [-0.15, -0.1) is 0 Å². The van der Waals surface area contributed by atoms with Crippen LogP contribution in [0.25, 0.3) is 0 Å². The van der Waals surface area contributed by atoms with Gasteiger partial charge in [0.25, 0.3) is 0 Å². The second-order valence-corrected chi connectivity index (χ2v) is 6.37. The van der Waals surface area contributed by atoms with Gasteiger partial charge in [0.2, 0.25) is 0 Å². The number of ketones is 1. The summed E-state index contributed by atoms with van der Waals surface area (Å²) >= 11 is 7.50. The van der Waals surface area contributed by atoms with Gasteiger partial charge in [-0.3, -0.25) is 4.79 Å². The molecule has 0 radical (unpaired) electrons. The smallest absolute Gasteiger partial charge is 0.164 e. The molecule has 0 saturated carbocycles. The molecule has 0 fully saturated rings. The SMILES string of the molecule is O=C(CC(SCCO)c1ccc(Cl)cc1)c1ccccc1. The highest BCUT2D eigenvalue weighted by Gasteiger charge is 2.17. The van der Waals surface area contributed by atoms with Gasteiger partial charge in [0, 0.05) is 28.0 Å². The summed E-state index contributed by atoms with van der Waals surface area (Å²) in [5, 5.41) is 9.74. The number of halogens is 1. The van der Waals surface area contributed by atoms with E-state index in [1.807, 2.05) is 54.6 Å². The van der Waals surface area contributed by atoms with Crippen molar-refractivity contribution < 1.29 is 9.90 Å². The Hall–Kier alpha value is -1.29. The molecule has 0 saturated heterocycles. The Bertz CT molecular complexity index is 569. The third-order valence-corrected chi connectivity index (χ3v) is 4.63. The average Bonchev–Trinajstić information content (AvgIpc) is 2.53. The molecule has 1 atom stereocenters. The maximum atomic E-state index is 12.4. The molecule has 4 heteroatoms. The van der Waals surface area contributed by atoms with Crippen LogP contribution >= 0.6 is 23.4 Å². The lowest BCUT2D eigenvalue weighted by atomic mass is 10.0. The fourth-order valence-corrected chi connectivity index (χ4v) is 3.19. The first-order valence-corrected chi connectivity index (χ1v) is 8.19. The maximum Gasteiger partial charge on any atom is 0.164 e. The van der Waals surface area contributed by atoms with Gasteiger partial charge < -0.3 is 5.11 Å². The highest BCUT2D eigenvalue weighted by molar-refractivity contribution is 7.99. The van der Waals surface area contributed by atoms with E-state index in [1.165, 1.54) is 0 Å². The van der Waals surface area contributed by atoms with Crippen molar-refractivity contribution in [3.05, 3.63) is 70.7 Å². The van der Waals surface area contributed by atoms with E-state index in [0.717, 1.165) is 11.1 Å². The number of aliphatic hydroxyl groups excluding tert-OH is 1. The molecule has 0 aliphatic carbocycles. The minimum atomic E-state index is 0.0297. The number of aliphatic hydroxyl groups is 1. The first kappa shape index (κ1) is 16.1. The van der Waals surface area contributed by atoms with Gasteiger partial charge in [-0.2, -0.15) is 11.8 Å². The molecule has 1 N–H and O–H groups in total. The Labute approximate surface area is 134 Å². The predicted molar refractivity (Wildman–Crippen MR) is 89.1 cm³/mol. The van der Waals surface area contributed by atoms with Gasteiger partial charge in [-0.25, -0.2) is 0 Å². The number of carbonyl (C=O) groups excluding carboxylic acids is 1. The van der Waals surface area contributed by atoms with Crippen molar-refractivity contribution in [3.63, 3.8) is 0 Å². The number of Topliss-reactive ketones (excluding diaryl/α,β-unsaturated/α-hetero) is 1. The van der Waals surface area contributed by atoms with E-state index in [-0.39, 0.29) is 17.6 Å². The molecule has 1 unspecified atom stereocenters. The summed E-state index contributed by atoms with van der Waals surface area (Å²) in [4.78, 5) is 12.4. The highest BCUT2D eigenvalue weighted by atomic mass is 35.5. The molecule has 2 rings (SSSR count).